The van der Waals surface area contributed by atoms with E-state index in [-0.39, 0.29) is 17.4 Å². The number of aromatic nitrogens is 2. The number of aryl methyl sites for hydroxylation is 2. The number of aromatic carboxylic acids is 1. The smallest absolute Gasteiger partial charge is 0.335 e. The third kappa shape index (κ3) is 5.48. The number of carbonyl (C=O) groups excluding carboxylic acids is 2. The molecule has 0 aliphatic rings. The van der Waals surface area contributed by atoms with Crippen LogP contribution in [0.25, 0.3) is 5.65 Å². The normalized spacial score (nSPS) is 10.8. The van der Waals surface area contributed by atoms with Gasteiger partial charge in [-0.1, -0.05) is 18.6 Å². The third-order valence-corrected chi connectivity index (χ3v) is 5.04. The molecule has 0 bridgehead atoms. The number of amides is 2. The zero-order chi connectivity index (χ0) is 22.4. The minimum absolute atomic E-state index is 0.137. The number of nitrogens with one attached hydrogen (secondary N) is 2. The molecule has 2 aromatic heterocycles. The van der Waals surface area contributed by atoms with E-state index in [2.05, 4.69) is 15.6 Å². The van der Waals surface area contributed by atoms with Gasteiger partial charge in [0.05, 0.1) is 11.3 Å². The Morgan fingerprint density at radius 1 is 1.06 bits per heavy atom. The molecule has 31 heavy (non-hydrogen) atoms. The Labute approximate surface area is 180 Å². The summed E-state index contributed by atoms with van der Waals surface area (Å²) < 4.78 is 1.77. The summed E-state index contributed by atoms with van der Waals surface area (Å²) in [6, 6.07) is 10.2. The van der Waals surface area contributed by atoms with E-state index in [1.165, 1.54) is 12.1 Å². The van der Waals surface area contributed by atoms with E-state index in [1.54, 1.807) is 10.5 Å². The molecule has 3 aromatic rings. The highest BCUT2D eigenvalue weighted by atomic mass is 16.4. The number of imidazole rings is 1. The Kier molecular flexibility index (Phi) is 7.02. The van der Waals surface area contributed by atoms with Crippen LogP contribution in [-0.4, -0.2) is 38.8 Å². The second-order valence-corrected chi connectivity index (χ2v) is 7.42. The van der Waals surface area contributed by atoms with Crippen LogP contribution in [0.1, 0.15) is 57.8 Å². The minimum Gasteiger partial charge on any atom is -0.478 e. The van der Waals surface area contributed by atoms with Crippen molar-refractivity contribution in [3.05, 3.63) is 65.1 Å². The first-order valence-corrected chi connectivity index (χ1v) is 10.2. The summed E-state index contributed by atoms with van der Waals surface area (Å²) in [5.41, 5.74) is 3.42. The number of hydrogen-bond acceptors (Lipinski definition) is 4. The van der Waals surface area contributed by atoms with E-state index in [0.717, 1.165) is 24.1 Å². The van der Waals surface area contributed by atoms with Crippen LogP contribution >= 0.6 is 0 Å². The average Bonchev–Trinajstić information content (AvgIpc) is 3.07. The van der Waals surface area contributed by atoms with Gasteiger partial charge >= 0.3 is 5.97 Å². The van der Waals surface area contributed by atoms with Crippen LogP contribution in [0, 0.1) is 13.8 Å². The standard InChI is InChI=1S/C23H26N4O4/c1-15-10-11-17(23(30)31)14-18(15)26-20(28)9-4-3-6-12-24-22(29)21-16(2)25-19-8-5-7-13-27(19)21/h5,7-8,10-11,13-14H,3-4,6,9,12H2,1-2H3,(H,24,29)(H,26,28)(H,30,31). The van der Waals surface area contributed by atoms with Crippen molar-refractivity contribution < 1.29 is 19.5 Å². The van der Waals surface area contributed by atoms with Crippen molar-refractivity contribution in [2.75, 3.05) is 11.9 Å². The molecular formula is C23H26N4O4. The molecule has 0 atom stereocenters. The van der Waals surface area contributed by atoms with Gasteiger partial charge in [-0.2, -0.15) is 0 Å². The highest BCUT2D eigenvalue weighted by molar-refractivity contribution is 5.95. The van der Waals surface area contributed by atoms with Crippen LogP contribution in [0.2, 0.25) is 0 Å². The lowest BCUT2D eigenvalue weighted by Crippen LogP contribution is -2.26. The number of rotatable bonds is 9. The summed E-state index contributed by atoms with van der Waals surface area (Å²) in [6.45, 7) is 4.14. The Morgan fingerprint density at radius 3 is 2.65 bits per heavy atom. The molecule has 0 saturated carbocycles. The number of hydrogen-bond donors (Lipinski definition) is 3. The number of carboxylic acid groups (broad SMARTS) is 1. The molecule has 0 aliphatic carbocycles. The molecular weight excluding hydrogens is 396 g/mol. The van der Waals surface area contributed by atoms with Gasteiger partial charge in [-0.05, 0) is 56.5 Å². The van der Waals surface area contributed by atoms with E-state index >= 15 is 0 Å². The van der Waals surface area contributed by atoms with Crippen LogP contribution in [0.5, 0.6) is 0 Å². The minimum atomic E-state index is -1.03. The van der Waals surface area contributed by atoms with E-state index in [4.69, 9.17) is 5.11 Å². The average molecular weight is 422 g/mol. The SMILES string of the molecule is Cc1ccc(C(=O)O)cc1NC(=O)CCCCCNC(=O)c1c(C)nc2ccccn12. The van der Waals surface area contributed by atoms with Crippen LogP contribution in [0.4, 0.5) is 5.69 Å². The zero-order valence-electron chi connectivity index (χ0n) is 17.6. The number of anilines is 1. The molecule has 3 N–H and O–H groups in total. The van der Waals surface area contributed by atoms with Crippen LogP contribution in [0.3, 0.4) is 0 Å². The lowest BCUT2D eigenvalue weighted by atomic mass is 10.1. The second-order valence-electron chi connectivity index (χ2n) is 7.42. The number of carboxylic acids is 1. The number of fused-ring (bicyclic) bond motifs is 1. The number of pyridine rings is 1. The zero-order valence-corrected chi connectivity index (χ0v) is 17.6. The maximum absolute atomic E-state index is 12.5. The largest absolute Gasteiger partial charge is 0.478 e. The van der Waals surface area contributed by atoms with Crippen molar-refractivity contribution in [2.45, 2.75) is 39.5 Å². The maximum atomic E-state index is 12.5. The van der Waals surface area contributed by atoms with Gasteiger partial charge in [0.25, 0.3) is 5.91 Å². The fourth-order valence-electron chi connectivity index (χ4n) is 3.36. The van der Waals surface area contributed by atoms with Gasteiger partial charge in [-0.25, -0.2) is 9.78 Å². The highest BCUT2D eigenvalue weighted by Gasteiger charge is 2.15. The van der Waals surface area contributed by atoms with Crippen LogP contribution < -0.4 is 10.6 Å². The number of carbonyl (C=O) groups is 3. The van der Waals surface area contributed by atoms with Crippen molar-refractivity contribution >= 4 is 29.1 Å². The molecule has 0 saturated heterocycles. The summed E-state index contributed by atoms with van der Waals surface area (Å²) in [7, 11) is 0. The van der Waals surface area contributed by atoms with Crippen LogP contribution in [-0.2, 0) is 4.79 Å². The van der Waals surface area contributed by atoms with Crippen molar-refractivity contribution in [1.29, 1.82) is 0 Å². The summed E-state index contributed by atoms with van der Waals surface area (Å²) >= 11 is 0. The van der Waals surface area contributed by atoms with Gasteiger partial charge in [-0.15, -0.1) is 0 Å². The quantitative estimate of drug-likeness (QED) is 0.456. The van der Waals surface area contributed by atoms with Crippen molar-refractivity contribution in [1.82, 2.24) is 14.7 Å². The van der Waals surface area contributed by atoms with Gasteiger partial charge in [0.1, 0.15) is 11.3 Å². The maximum Gasteiger partial charge on any atom is 0.335 e. The first-order valence-electron chi connectivity index (χ1n) is 10.2. The lowest BCUT2D eigenvalue weighted by molar-refractivity contribution is -0.116. The fourth-order valence-corrected chi connectivity index (χ4v) is 3.36. The first kappa shape index (κ1) is 22.0. The molecule has 0 spiro atoms. The van der Waals surface area contributed by atoms with Crippen molar-refractivity contribution in [2.24, 2.45) is 0 Å². The summed E-state index contributed by atoms with van der Waals surface area (Å²) in [5.74, 6) is -1.35. The Hall–Kier alpha value is -3.68. The van der Waals surface area contributed by atoms with Gasteiger partial charge in [0.2, 0.25) is 5.91 Å². The Morgan fingerprint density at radius 2 is 1.87 bits per heavy atom. The third-order valence-electron chi connectivity index (χ3n) is 5.04. The van der Waals surface area contributed by atoms with Gasteiger partial charge in [0.15, 0.2) is 0 Å². The molecule has 2 amide bonds. The molecule has 0 aliphatic heterocycles. The fraction of sp³-hybridized carbons (Fsp3) is 0.304. The van der Waals surface area contributed by atoms with Crippen LogP contribution in [0.15, 0.2) is 42.6 Å². The molecule has 8 heteroatoms. The molecule has 0 radical (unpaired) electrons. The molecule has 3 rings (SSSR count). The summed E-state index contributed by atoms with van der Waals surface area (Å²) in [5, 5.41) is 14.8. The van der Waals surface area contributed by atoms with Gasteiger partial charge in [-0.3, -0.25) is 14.0 Å². The van der Waals surface area contributed by atoms with Gasteiger partial charge in [0, 0.05) is 24.8 Å². The lowest BCUT2D eigenvalue weighted by Gasteiger charge is -2.09. The van der Waals surface area contributed by atoms with E-state index < -0.39 is 5.97 Å². The summed E-state index contributed by atoms with van der Waals surface area (Å²) in [6.07, 6.45) is 4.36. The highest BCUT2D eigenvalue weighted by Crippen LogP contribution is 2.18. The molecule has 2 heterocycles. The molecule has 8 nitrogen and oxygen atoms in total. The van der Waals surface area contributed by atoms with Gasteiger partial charge < -0.3 is 15.7 Å². The van der Waals surface area contributed by atoms with Crippen molar-refractivity contribution in [3.8, 4) is 0 Å². The Balaban J connectivity index is 1.40. The predicted octanol–water partition coefficient (Wildman–Crippen LogP) is 3.58. The molecule has 1 aromatic carbocycles. The van der Waals surface area contributed by atoms with Crippen molar-refractivity contribution in [3.63, 3.8) is 0 Å². The number of benzene rings is 1. The molecule has 0 fully saturated rings. The number of unbranched alkanes of at least 4 members (excludes halogenated alkanes) is 2. The topological polar surface area (TPSA) is 113 Å². The number of nitrogens with zero attached hydrogens (tertiary/aromatic N) is 2. The second kappa shape index (κ2) is 9.88. The molecule has 162 valence electrons. The predicted molar refractivity (Wildman–Crippen MR) is 117 cm³/mol. The monoisotopic (exact) mass is 422 g/mol. The molecule has 0 unspecified atom stereocenters. The van der Waals surface area contributed by atoms with E-state index in [1.807, 2.05) is 38.2 Å². The first-order chi connectivity index (χ1) is 14.9. The summed E-state index contributed by atoms with van der Waals surface area (Å²) in [4.78, 5) is 40.2. The van der Waals surface area contributed by atoms with E-state index in [9.17, 15) is 14.4 Å². The van der Waals surface area contributed by atoms with E-state index in [0.29, 0.717) is 36.5 Å². The Bertz CT molecular complexity index is 1120.